The van der Waals surface area contributed by atoms with Crippen LogP contribution in [0.3, 0.4) is 0 Å². The highest BCUT2D eigenvalue weighted by atomic mass is 15.6. The number of nitrogens with one attached hydrogen (secondary N) is 1. The van der Waals surface area contributed by atoms with Gasteiger partial charge in [-0.3, -0.25) is 0 Å². The molecule has 0 saturated carbocycles. The maximum absolute atomic E-state index is 5.57. The van der Waals surface area contributed by atoms with Crippen LogP contribution in [0.15, 0.2) is 0 Å². The normalized spacial score (nSPS) is 24.2. The van der Waals surface area contributed by atoms with Crippen LogP contribution in [0, 0.1) is 0 Å². The predicted octanol–water partition coefficient (Wildman–Crippen LogP) is -0.820. The minimum Gasteiger partial charge on any atom is -0.367 e. The van der Waals surface area contributed by atoms with Crippen molar-refractivity contribution in [1.29, 1.82) is 0 Å². The molecule has 0 bridgehead atoms. The van der Waals surface area contributed by atoms with Gasteiger partial charge in [0.2, 0.25) is 5.95 Å². The molecule has 1 aliphatic heterocycles. The van der Waals surface area contributed by atoms with Crippen molar-refractivity contribution in [2.75, 3.05) is 18.8 Å². The summed E-state index contributed by atoms with van der Waals surface area (Å²) in [7, 11) is 0. The third-order valence-corrected chi connectivity index (χ3v) is 2.14. The van der Waals surface area contributed by atoms with E-state index in [9.17, 15) is 0 Å². The van der Waals surface area contributed by atoms with Crippen LogP contribution >= 0.6 is 0 Å². The molecule has 1 fully saturated rings. The first-order valence-corrected chi connectivity index (χ1v) is 4.12. The maximum atomic E-state index is 5.57. The average Bonchev–Trinajstić information content (AvgIpc) is 2.53. The molecule has 1 saturated heterocycles. The van der Waals surface area contributed by atoms with Crippen molar-refractivity contribution < 1.29 is 0 Å². The van der Waals surface area contributed by atoms with Crippen molar-refractivity contribution in [2.45, 2.75) is 18.9 Å². The molecule has 1 aromatic heterocycles. The predicted molar refractivity (Wildman–Crippen MR) is 43.4 cm³/mol. The van der Waals surface area contributed by atoms with E-state index in [1.807, 2.05) is 0 Å². The first-order chi connectivity index (χ1) is 5.88. The molecule has 12 heavy (non-hydrogen) atoms. The zero-order chi connectivity index (χ0) is 8.39. The molecular weight excluding hydrogens is 156 g/mol. The van der Waals surface area contributed by atoms with E-state index in [-0.39, 0.29) is 0 Å². The average molecular weight is 168 g/mol. The Kier molecular flexibility index (Phi) is 1.91. The molecule has 6 heteroatoms. The number of nitrogens with two attached hydrogens (primary N) is 1. The molecule has 0 aliphatic carbocycles. The van der Waals surface area contributed by atoms with Crippen LogP contribution in [-0.2, 0) is 0 Å². The minimum absolute atomic E-state index is 0.328. The summed E-state index contributed by atoms with van der Waals surface area (Å²) in [5.41, 5.74) is 5.57. The summed E-state index contributed by atoms with van der Waals surface area (Å²) in [6, 6.07) is 0.328. The lowest BCUT2D eigenvalue weighted by Crippen LogP contribution is -2.32. The van der Waals surface area contributed by atoms with Crippen LogP contribution in [0.2, 0.25) is 0 Å². The topological polar surface area (TPSA) is 81.7 Å². The number of anilines is 1. The fourth-order valence-electron chi connectivity index (χ4n) is 1.50. The van der Waals surface area contributed by atoms with E-state index in [2.05, 4.69) is 20.8 Å². The Morgan fingerprint density at radius 3 is 3.08 bits per heavy atom. The number of nitrogens with zero attached hydrogens (tertiary/aromatic N) is 4. The zero-order valence-electron chi connectivity index (χ0n) is 6.77. The van der Waals surface area contributed by atoms with Gasteiger partial charge >= 0.3 is 0 Å². The smallest absolute Gasteiger partial charge is 0.240 e. The van der Waals surface area contributed by atoms with Gasteiger partial charge in [0.05, 0.1) is 6.04 Å². The lowest BCUT2D eigenvalue weighted by molar-refractivity contribution is 0.345. The zero-order valence-corrected chi connectivity index (χ0v) is 6.77. The molecule has 0 radical (unpaired) electrons. The molecule has 1 unspecified atom stereocenters. The SMILES string of the molecule is Nc1nnnn1C1CCCNC1. The second-order valence-corrected chi connectivity index (χ2v) is 2.98. The number of aromatic nitrogens is 4. The van der Waals surface area contributed by atoms with E-state index in [0.717, 1.165) is 25.9 Å². The van der Waals surface area contributed by atoms with Crippen LogP contribution in [0.25, 0.3) is 0 Å². The van der Waals surface area contributed by atoms with Crippen LogP contribution < -0.4 is 11.1 Å². The van der Waals surface area contributed by atoms with E-state index < -0.39 is 0 Å². The van der Waals surface area contributed by atoms with E-state index in [1.165, 1.54) is 0 Å². The molecule has 1 aromatic rings. The summed E-state index contributed by atoms with van der Waals surface area (Å²) in [6.07, 6.45) is 2.26. The second kappa shape index (κ2) is 3.06. The molecular formula is C6H12N6. The molecule has 0 aromatic carbocycles. The van der Waals surface area contributed by atoms with E-state index in [0.29, 0.717) is 12.0 Å². The maximum Gasteiger partial charge on any atom is 0.240 e. The van der Waals surface area contributed by atoms with Crippen LogP contribution in [0.1, 0.15) is 18.9 Å². The Hall–Kier alpha value is -1.17. The summed E-state index contributed by atoms with van der Waals surface area (Å²) >= 11 is 0. The van der Waals surface area contributed by atoms with Crippen molar-refractivity contribution in [3.63, 3.8) is 0 Å². The molecule has 0 amide bonds. The van der Waals surface area contributed by atoms with Crippen molar-refractivity contribution >= 4 is 5.95 Å². The Morgan fingerprint density at radius 2 is 2.50 bits per heavy atom. The molecule has 1 aliphatic rings. The van der Waals surface area contributed by atoms with Crippen molar-refractivity contribution in [3.8, 4) is 0 Å². The lowest BCUT2D eigenvalue weighted by Gasteiger charge is -2.22. The molecule has 3 N–H and O–H groups in total. The number of nitrogen functional groups attached to an aromatic ring is 1. The Balaban J connectivity index is 2.13. The number of piperidine rings is 1. The molecule has 2 heterocycles. The van der Waals surface area contributed by atoms with Crippen molar-refractivity contribution in [1.82, 2.24) is 25.5 Å². The highest BCUT2D eigenvalue weighted by Gasteiger charge is 2.17. The van der Waals surface area contributed by atoms with Gasteiger partial charge in [0, 0.05) is 6.54 Å². The Labute approximate surface area is 70.1 Å². The molecule has 66 valence electrons. The highest BCUT2D eigenvalue weighted by molar-refractivity contribution is 5.11. The molecule has 0 spiro atoms. The molecule has 6 nitrogen and oxygen atoms in total. The Bertz CT molecular complexity index is 250. The van der Waals surface area contributed by atoms with Gasteiger partial charge in [-0.1, -0.05) is 5.10 Å². The van der Waals surface area contributed by atoms with Crippen molar-refractivity contribution in [3.05, 3.63) is 0 Å². The minimum atomic E-state index is 0.328. The van der Waals surface area contributed by atoms with Gasteiger partial charge < -0.3 is 11.1 Å². The van der Waals surface area contributed by atoms with Gasteiger partial charge in [0.25, 0.3) is 0 Å². The number of rotatable bonds is 1. The summed E-state index contributed by atoms with van der Waals surface area (Å²) in [5.74, 6) is 0.406. The van der Waals surface area contributed by atoms with Gasteiger partial charge in [-0.25, -0.2) is 4.68 Å². The third kappa shape index (κ3) is 1.25. The van der Waals surface area contributed by atoms with E-state index >= 15 is 0 Å². The largest absolute Gasteiger partial charge is 0.367 e. The van der Waals surface area contributed by atoms with Crippen LogP contribution in [0.5, 0.6) is 0 Å². The number of hydrogen-bond donors (Lipinski definition) is 2. The van der Waals surface area contributed by atoms with Crippen LogP contribution in [0.4, 0.5) is 5.95 Å². The summed E-state index contributed by atoms with van der Waals surface area (Å²) in [5, 5.41) is 14.3. The van der Waals surface area contributed by atoms with Crippen LogP contribution in [-0.4, -0.2) is 33.3 Å². The van der Waals surface area contributed by atoms with Gasteiger partial charge in [0.1, 0.15) is 0 Å². The van der Waals surface area contributed by atoms with Gasteiger partial charge in [-0.05, 0) is 29.8 Å². The van der Waals surface area contributed by atoms with Gasteiger partial charge in [-0.15, -0.1) is 0 Å². The van der Waals surface area contributed by atoms with E-state index in [1.54, 1.807) is 4.68 Å². The monoisotopic (exact) mass is 168 g/mol. The molecule has 2 rings (SSSR count). The fourth-order valence-corrected chi connectivity index (χ4v) is 1.50. The fraction of sp³-hybridized carbons (Fsp3) is 0.833. The summed E-state index contributed by atoms with van der Waals surface area (Å²) < 4.78 is 1.69. The molecule has 1 atom stereocenters. The summed E-state index contributed by atoms with van der Waals surface area (Å²) in [6.45, 7) is 1.99. The van der Waals surface area contributed by atoms with Crippen molar-refractivity contribution in [2.24, 2.45) is 0 Å². The standard InChI is InChI=1S/C6H12N6/c7-6-9-10-11-12(6)5-2-1-3-8-4-5/h5,8H,1-4H2,(H2,7,9,11). The lowest BCUT2D eigenvalue weighted by atomic mass is 10.1. The second-order valence-electron chi connectivity index (χ2n) is 2.98. The number of hydrogen-bond acceptors (Lipinski definition) is 5. The third-order valence-electron chi connectivity index (χ3n) is 2.14. The van der Waals surface area contributed by atoms with Gasteiger partial charge in [0.15, 0.2) is 0 Å². The highest BCUT2D eigenvalue weighted by Crippen LogP contribution is 2.16. The van der Waals surface area contributed by atoms with E-state index in [4.69, 9.17) is 5.73 Å². The first-order valence-electron chi connectivity index (χ1n) is 4.12. The quantitative estimate of drug-likeness (QED) is 0.572. The summed E-state index contributed by atoms with van der Waals surface area (Å²) in [4.78, 5) is 0. The van der Waals surface area contributed by atoms with Gasteiger partial charge in [-0.2, -0.15) is 0 Å². The first kappa shape index (κ1) is 7.48. The Morgan fingerprint density at radius 1 is 1.58 bits per heavy atom. The number of tetrazole rings is 1.